The summed E-state index contributed by atoms with van der Waals surface area (Å²) in [7, 11) is 0. The summed E-state index contributed by atoms with van der Waals surface area (Å²) in [6.07, 6.45) is -36.0. The predicted molar refractivity (Wildman–Crippen MR) is 307 cm³/mol. The van der Waals surface area contributed by atoms with E-state index in [0.717, 1.165) is 19.4 Å². The fourth-order valence-electron chi connectivity index (χ4n) is 18.4. The molecule has 0 aromatic rings. The normalized spacial score (nSPS) is 53.9. The van der Waals surface area contributed by atoms with E-state index in [4.69, 9.17) is 56.8 Å². The van der Waals surface area contributed by atoms with Crippen LogP contribution < -0.4 is 0 Å². The van der Waals surface area contributed by atoms with Crippen molar-refractivity contribution in [3.8, 4) is 0 Å². The predicted octanol–water partition coefficient (Wildman–Crippen LogP) is -1.41. The van der Waals surface area contributed by atoms with Crippen molar-refractivity contribution in [3.05, 3.63) is 11.6 Å². The minimum atomic E-state index is -2.01. The van der Waals surface area contributed by atoms with Crippen LogP contribution >= 0.6 is 0 Å². The van der Waals surface area contributed by atoms with Gasteiger partial charge in [0.1, 0.15) is 78.7 Å². The van der Waals surface area contributed by atoms with Crippen molar-refractivity contribution in [3.63, 3.8) is 0 Å². The number of carbonyl (C=O) groups excluding carboxylic acids is 3. The molecule has 5 aliphatic heterocycles. The second kappa shape index (κ2) is 25.9. The molecule has 520 valence electrons. The standard InChI is InChI=1S/C63H100O28/c1-24-37(70)39(72)41(74)53(81-24)88-48-33(68)22-80-52(44(48)77)87-47-27(4)83-55(45(78)49(47)86-29(6)66)89-50-43(76)46(85-28(5)65)26(3)84-56(50)91-57(79)63-18-17-58(7,8)19-31(63)30-13-14-35-59(9)20-32(67)51(90-54-42(75)40(73)38(71)25(2)82-54)60(10,23-64)34(59)15-16-61(35,11)62(30,12)21-36(63)69/h13,24-27,31-56,64,67-78H,14-23H2,1-12H3/t24-,25-,26+,27-,31-,32-,33+,34+,35+,36+,37-,38-,39+,40+,41+,42+,43-,44+,45+,46-,47-,48-,49-,50+,51-,52-,53-,54-,55-,56-,59-,60-,61+,62+,63-/m0/s1. The zero-order valence-corrected chi connectivity index (χ0v) is 53.9. The molecule has 5 aliphatic carbocycles. The maximum absolute atomic E-state index is 15.8. The van der Waals surface area contributed by atoms with Crippen LogP contribution in [-0.2, 0) is 71.2 Å². The molecule has 0 aromatic heterocycles. The zero-order valence-electron chi connectivity index (χ0n) is 53.9. The molecule has 28 nitrogen and oxygen atoms in total. The molecule has 0 spiro atoms. The van der Waals surface area contributed by atoms with E-state index in [1.54, 1.807) is 0 Å². The quantitative estimate of drug-likeness (QED) is 0.0436. The molecule has 13 N–H and O–H groups in total. The summed E-state index contributed by atoms with van der Waals surface area (Å²) in [5.74, 6) is -3.60. The van der Waals surface area contributed by atoms with Gasteiger partial charge in [-0.3, -0.25) is 14.4 Å². The van der Waals surface area contributed by atoms with Crippen molar-refractivity contribution >= 4 is 17.9 Å². The second-order valence-corrected chi connectivity index (χ2v) is 29.8. The molecule has 0 radical (unpaired) electrons. The number of carbonyl (C=O) groups is 3. The summed E-state index contributed by atoms with van der Waals surface area (Å²) in [5.41, 5.74) is -4.04. The van der Waals surface area contributed by atoms with Crippen LogP contribution in [0.2, 0.25) is 0 Å². The lowest BCUT2D eigenvalue weighted by Gasteiger charge is -2.72. The minimum absolute atomic E-state index is 0.108. The molecule has 28 heteroatoms. The molecule has 0 bridgehead atoms. The molecule has 0 aromatic carbocycles. The maximum Gasteiger partial charge on any atom is 0.317 e. The van der Waals surface area contributed by atoms with Gasteiger partial charge in [-0.2, -0.15) is 0 Å². The first kappa shape index (κ1) is 71.1. The van der Waals surface area contributed by atoms with Crippen LogP contribution in [0.3, 0.4) is 0 Å². The van der Waals surface area contributed by atoms with Crippen molar-refractivity contribution < 1.29 is 138 Å². The van der Waals surface area contributed by atoms with Gasteiger partial charge in [0.05, 0.1) is 55.9 Å². The number of hydrogen-bond acceptors (Lipinski definition) is 28. The smallest absolute Gasteiger partial charge is 0.317 e. The van der Waals surface area contributed by atoms with E-state index >= 15 is 4.79 Å². The Kier molecular flexibility index (Phi) is 20.2. The van der Waals surface area contributed by atoms with Crippen LogP contribution in [0.5, 0.6) is 0 Å². The van der Waals surface area contributed by atoms with Crippen LogP contribution in [0.25, 0.3) is 0 Å². The first-order valence-corrected chi connectivity index (χ1v) is 32.3. The van der Waals surface area contributed by atoms with E-state index in [0.29, 0.717) is 32.1 Å². The topological polar surface area (TPSA) is 425 Å². The second-order valence-electron chi connectivity index (χ2n) is 29.8. The summed E-state index contributed by atoms with van der Waals surface area (Å²) in [5, 5.41) is 147. The maximum atomic E-state index is 15.8. The summed E-state index contributed by atoms with van der Waals surface area (Å²) in [4.78, 5) is 41.2. The van der Waals surface area contributed by atoms with E-state index in [-0.39, 0.29) is 36.5 Å². The first-order chi connectivity index (χ1) is 42.4. The average Bonchev–Trinajstić information content (AvgIpc) is 0.671. The van der Waals surface area contributed by atoms with Gasteiger partial charge >= 0.3 is 17.9 Å². The Morgan fingerprint density at radius 3 is 1.65 bits per heavy atom. The summed E-state index contributed by atoms with van der Waals surface area (Å²) >= 11 is 0. The number of fused-ring (bicyclic) bond motifs is 7. The third kappa shape index (κ3) is 12.1. The number of allylic oxidation sites excluding steroid dienone is 2. The van der Waals surface area contributed by atoms with Crippen molar-refractivity contribution in [2.45, 2.75) is 300 Å². The molecule has 10 rings (SSSR count). The Hall–Kier alpha value is -2.73. The number of ether oxygens (including phenoxy) is 12. The van der Waals surface area contributed by atoms with E-state index in [1.807, 2.05) is 6.92 Å². The lowest BCUT2D eigenvalue weighted by molar-refractivity contribution is -0.380. The van der Waals surface area contributed by atoms with Crippen LogP contribution in [0.1, 0.15) is 134 Å². The van der Waals surface area contributed by atoms with Gasteiger partial charge in [0.15, 0.2) is 43.5 Å². The van der Waals surface area contributed by atoms with Crippen LogP contribution in [0.4, 0.5) is 0 Å². The van der Waals surface area contributed by atoms with Gasteiger partial charge in [-0.15, -0.1) is 0 Å². The Bertz CT molecular complexity index is 2650. The summed E-state index contributed by atoms with van der Waals surface area (Å²) in [6.45, 7) is 19.7. The van der Waals surface area contributed by atoms with Crippen molar-refractivity contribution in [1.29, 1.82) is 0 Å². The fraction of sp³-hybridized carbons (Fsp3) is 0.921. The summed E-state index contributed by atoms with van der Waals surface area (Å²) < 4.78 is 71.9. The van der Waals surface area contributed by atoms with Gasteiger partial charge in [-0.1, -0.05) is 53.2 Å². The number of aliphatic hydroxyl groups is 13. The molecule has 5 saturated heterocycles. The van der Waals surface area contributed by atoms with Crippen LogP contribution in [-0.4, -0.2) is 263 Å². The third-order valence-electron chi connectivity index (χ3n) is 23.6. The van der Waals surface area contributed by atoms with Gasteiger partial charge in [-0.05, 0) is 118 Å². The molecule has 4 saturated carbocycles. The molecule has 5 heterocycles. The van der Waals surface area contributed by atoms with Crippen molar-refractivity contribution in [2.75, 3.05) is 13.2 Å². The first-order valence-electron chi connectivity index (χ1n) is 32.3. The third-order valence-corrected chi connectivity index (χ3v) is 23.6. The molecular formula is C63H100O28. The van der Waals surface area contributed by atoms with Gasteiger partial charge in [0.2, 0.25) is 6.29 Å². The highest BCUT2D eigenvalue weighted by molar-refractivity contribution is 5.80. The van der Waals surface area contributed by atoms with E-state index < -0.39 is 230 Å². The lowest BCUT2D eigenvalue weighted by atomic mass is 9.33. The van der Waals surface area contributed by atoms with E-state index in [1.165, 1.54) is 27.7 Å². The largest absolute Gasteiger partial charge is 0.457 e. The van der Waals surface area contributed by atoms with Gasteiger partial charge in [-0.25, -0.2) is 0 Å². The highest BCUT2D eigenvalue weighted by Gasteiger charge is 2.73. The molecule has 9 fully saturated rings. The summed E-state index contributed by atoms with van der Waals surface area (Å²) in [6, 6.07) is 0. The Morgan fingerprint density at radius 1 is 0.516 bits per heavy atom. The van der Waals surface area contributed by atoms with Crippen molar-refractivity contribution in [1.82, 2.24) is 0 Å². The zero-order chi connectivity index (χ0) is 66.9. The Morgan fingerprint density at radius 2 is 1.04 bits per heavy atom. The number of hydrogen-bond donors (Lipinski definition) is 13. The number of rotatable bonds is 13. The monoisotopic (exact) mass is 1300 g/mol. The molecular weight excluding hydrogens is 1200 g/mol. The molecule has 0 unspecified atom stereocenters. The van der Waals surface area contributed by atoms with E-state index in [9.17, 15) is 76.0 Å². The van der Waals surface area contributed by atoms with Gasteiger partial charge in [0.25, 0.3) is 0 Å². The van der Waals surface area contributed by atoms with Gasteiger partial charge in [0, 0.05) is 19.3 Å². The molecule has 0 amide bonds. The van der Waals surface area contributed by atoms with Crippen molar-refractivity contribution in [2.24, 2.45) is 50.2 Å². The van der Waals surface area contributed by atoms with Gasteiger partial charge < -0.3 is 123 Å². The SMILES string of the molecule is CC(=O)O[C@@H]1[C@H](O)[C@@H](O[C@@H]2O[C@@H](C)[C@H](O[C@@H]3OC[C@@H](O)[C@H](O[C@@H]4O[C@@H](C)[C@H](O)[C@@H](O)[C@H]4O)[C@H]3O)[C@@H](OC(C)=O)[C@H]2O)[C@H](OC(=O)[C@@]23CCC(C)(C)C[C@H]2C2=CC[C@@H]4[C@@]5(C)C[C@H](O)[C@H](O[C@@H]6O[C@@H](C)[C@H](O)[C@@H](O)[C@H]6O)[C@@](C)(CO)[C@@H]5CC[C@@]4(C)[C@]2(C)C[C@H]3O)O[C@@H]1C. The fourth-order valence-corrected chi connectivity index (χ4v) is 18.4. The highest BCUT2D eigenvalue weighted by atomic mass is 16.8. The van der Waals surface area contributed by atoms with E-state index in [2.05, 4.69) is 40.7 Å². The minimum Gasteiger partial charge on any atom is -0.457 e. The molecule has 10 aliphatic rings. The number of aliphatic hydroxyl groups excluding tert-OH is 13. The molecule has 91 heavy (non-hydrogen) atoms. The van der Waals surface area contributed by atoms with Crippen LogP contribution in [0.15, 0.2) is 11.6 Å². The number of esters is 3. The average molecular weight is 1310 g/mol. The highest BCUT2D eigenvalue weighted by Crippen LogP contribution is 2.76. The molecule has 35 atom stereocenters. The Balaban J connectivity index is 0.906. The van der Waals surface area contributed by atoms with Crippen LogP contribution in [0, 0.1) is 50.2 Å². The Labute approximate surface area is 529 Å². The lowest BCUT2D eigenvalue weighted by Crippen LogP contribution is -2.70.